The van der Waals surface area contributed by atoms with Crippen LogP contribution in [0.1, 0.15) is 22.3 Å². The van der Waals surface area contributed by atoms with Crippen LogP contribution in [0.5, 0.6) is 0 Å². The van der Waals surface area contributed by atoms with Crippen molar-refractivity contribution in [2.24, 2.45) is 0 Å². The van der Waals surface area contributed by atoms with E-state index in [0.29, 0.717) is 0 Å². The highest BCUT2D eigenvalue weighted by molar-refractivity contribution is 6.14. The average molecular weight is 769 g/mol. The van der Waals surface area contributed by atoms with Crippen LogP contribution in [0, 0.1) is 13.8 Å². The molecule has 0 bridgehead atoms. The highest BCUT2D eigenvalue weighted by atomic mass is 16.3. The summed E-state index contributed by atoms with van der Waals surface area (Å²) in [6, 6.07) is 70.8. The Balaban J connectivity index is 1.05. The Kier molecular flexibility index (Phi) is 7.73. The van der Waals surface area contributed by atoms with Gasteiger partial charge >= 0.3 is 0 Å². The number of para-hydroxylation sites is 3. The predicted molar refractivity (Wildman–Crippen MR) is 251 cm³/mol. The molecule has 1 aliphatic carbocycles. The number of nitrogens with zero attached hydrogens (tertiary/aromatic N) is 2. The number of fused-ring (bicyclic) bond motifs is 9. The summed E-state index contributed by atoms with van der Waals surface area (Å²) in [7, 11) is 0. The summed E-state index contributed by atoms with van der Waals surface area (Å²) >= 11 is 0. The molecule has 0 amide bonds. The fraction of sp³-hybridized carbons (Fsp3) is 0.0526. The second-order valence-corrected chi connectivity index (χ2v) is 16.2. The molecule has 0 aliphatic heterocycles. The van der Waals surface area contributed by atoms with Gasteiger partial charge in [-0.25, -0.2) is 0 Å². The van der Waals surface area contributed by atoms with Gasteiger partial charge in [-0.3, -0.25) is 0 Å². The number of aromatic nitrogens is 1. The van der Waals surface area contributed by atoms with Crippen LogP contribution in [-0.4, -0.2) is 4.57 Å². The molecule has 0 atom stereocenters. The quantitative estimate of drug-likeness (QED) is 0.168. The first-order valence-electron chi connectivity index (χ1n) is 20.8. The van der Waals surface area contributed by atoms with Crippen molar-refractivity contribution in [1.29, 1.82) is 0 Å². The van der Waals surface area contributed by atoms with E-state index in [-0.39, 0.29) is 0 Å². The molecule has 0 fully saturated rings. The Morgan fingerprint density at radius 1 is 0.450 bits per heavy atom. The molecule has 2 aromatic heterocycles. The molecule has 2 heterocycles. The van der Waals surface area contributed by atoms with Crippen molar-refractivity contribution in [3.8, 4) is 39.1 Å². The lowest BCUT2D eigenvalue weighted by Gasteiger charge is -2.29. The molecular formula is C57H40N2O. The Morgan fingerprint density at radius 2 is 1.15 bits per heavy atom. The van der Waals surface area contributed by atoms with E-state index in [1.54, 1.807) is 0 Å². The zero-order chi connectivity index (χ0) is 39.9. The summed E-state index contributed by atoms with van der Waals surface area (Å²) in [6.07, 6.45) is 0.889. The Bertz CT molecular complexity index is 3500. The summed E-state index contributed by atoms with van der Waals surface area (Å²) in [5, 5.41) is 4.74. The van der Waals surface area contributed by atoms with Gasteiger partial charge in [0.05, 0.1) is 27.8 Å². The first-order valence-corrected chi connectivity index (χ1v) is 20.8. The highest BCUT2D eigenvalue weighted by Crippen LogP contribution is 2.51. The molecule has 0 unspecified atom stereocenters. The second kappa shape index (κ2) is 13.5. The van der Waals surface area contributed by atoms with Crippen LogP contribution in [0.15, 0.2) is 199 Å². The molecule has 3 nitrogen and oxygen atoms in total. The van der Waals surface area contributed by atoms with E-state index in [1.807, 2.05) is 6.07 Å². The fourth-order valence-electron chi connectivity index (χ4n) is 9.90. The number of hydrogen-bond donors (Lipinski definition) is 0. The van der Waals surface area contributed by atoms with Crippen LogP contribution >= 0.6 is 0 Å². The van der Waals surface area contributed by atoms with Gasteiger partial charge in [-0.1, -0.05) is 121 Å². The molecule has 3 heteroatoms. The third-order valence-corrected chi connectivity index (χ3v) is 12.7. The lowest BCUT2D eigenvalue weighted by molar-refractivity contribution is 0.669. The number of benzene rings is 9. The molecule has 0 radical (unpaired) electrons. The van der Waals surface area contributed by atoms with Crippen molar-refractivity contribution in [3.05, 3.63) is 216 Å². The number of rotatable bonds is 6. The smallest absolute Gasteiger partial charge is 0.137 e. The molecule has 11 aromatic rings. The van der Waals surface area contributed by atoms with Crippen molar-refractivity contribution >= 4 is 60.8 Å². The molecule has 0 saturated heterocycles. The SMILES string of the molecule is Cc1ccccc1-c1ccc(N(c2cccc3c2-c2cc(-c4ccc5c(c4)c4ccccc4n5-c4ccccc4)ccc2C3)c2cccc3oc4ccccc4c23)cc1C. The lowest BCUT2D eigenvalue weighted by Crippen LogP contribution is -2.12. The minimum absolute atomic E-state index is 0.881. The largest absolute Gasteiger partial charge is 0.456 e. The van der Waals surface area contributed by atoms with E-state index in [9.17, 15) is 0 Å². The minimum atomic E-state index is 0.881. The number of furan rings is 1. The number of aryl methyl sites for hydroxylation is 2. The zero-order valence-corrected chi connectivity index (χ0v) is 33.5. The van der Waals surface area contributed by atoms with Gasteiger partial charge < -0.3 is 13.9 Å². The maximum atomic E-state index is 6.50. The maximum absolute atomic E-state index is 6.50. The van der Waals surface area contributed by atoms with Crippen molar-refractivity contribution in [1.82, 2.24) is 4.57 Å². The molecule has 12 rings (SSSR count). The van der Waals surface area contributed by atoms with Crippen molar-refractivity contribution in [3.63, 3.8) is 0 Å². The highest BCUT2D eigenvalue weighted by Gasteiger charge is 2.28. The summed E-state index contributed by atoms with van der Waals surface area (Å²) in [4.78, 5) is 2.48. The summed E-state index contributed by atoms with van der Waals surface area (Å²) in [5.41, 5.74) is 21.4. The molecule has 1 aliphatic rings. The van der Waals surface area contributed by atoms with Crippen LogP contribution in [0.25, 0.3) is 82.8 Å². The maximum Gasteiger partial charge on any atom is 0.137 e. The van der Waals surface area contributed by atoms with Gasteiger partial charge in [0.1, 0.15) is 11.2 Å². The molecule has 60 heavy (non-hydrogen) atoms. The Morgan fingerprint density at radius 3 is 2.03 bits per heavy atom. The van der Waals surface area contributed by atoms with Gasteiger partial charge in [-0.15, -0.1) is 0 Å². The predicted octanol–water partition coefficient (Wildman–Crippen LogP) is 15.7. The first kappa shape index (κ1) is 34.4. The Labute approximate surface area is 349 Å². The van der Waals surface area contributed by atoms with Crippen LogP contribution < -0.4 is 4.90 Å². The van der Waals surface area contributed by atoms with Crippen molar-refractivity contribution < 1.29 is 4.42 Å². The van der Waals surface area contributed by atoms with Gasteiger partial charge in [0, 0.05) is 33.1 Å². The van der Waals surface area contributed by atoms with E-state index < -0.39 is 0 Å². The third-order valence-electron chi connectivity index (χ3n) is 12.7. The van der Waals surface area contributed by atoms with E-state index in [2.05, 4.69) is 211 Å². The van der Waals surface area contributed by atoms with Gasteiger partial charge in [0.15, 0.2) is 0 Å². The average Bonchev–Trinajstić information content (AvgIpc) is 3.97. The van der Waals surface area contributed by atoms with E-state index in [1.165, 1.54) is 83.1 Å². The van der Waals surface area contributed by atoms with E-state index in [0.717, 1.165) is 45.4 Å². The summed E-state index contributed by atoms with van der Waals surface area (Å²) in [5.74, 6) is 0. The second-order valence-electron chi connectivity index (χ2n) is 16.2. The Hall–Kier alpha value is -7.62. The normalized spacial score (nSPS) is 12.1. The molecule has 0 N–H and O–H groups in total. The monoisotopic (exact) mass is 768 g/mol. The summed E-state index contributed by atoms with van der Waals surface area (Å²) < 4.78 is 8.88. The molecular weight excluding hydrogens is 729 g/mol. The molecule has 284 valence electrons. The molecule has 0 spiro atoms. The molecule has 9 aromatic carbocycles. The van der Waals surface area contributed by atoms with Gasteiger partial charge in [-0.2, -0.15) is 0 Å². The van der Waals surface area contributed by atoms with Crippen LogP contribution in [0.4, 0.5) is 17.1 Å². The van der Waals surface area contributed by atoms with Gasteiger partial charge in [0.25, 0.3) is 0 Å². The van der Waals surface area contributed by atoms with Crippen LogP contribution in [-0.2, 0) is 6.42 Å². The molecule has 0 saturated carbocycles. The minimum Gasteiger partial charge on any atom is -0.456 e. The zero-order valence-electron chi connectivity index (χ0n) is 33.5. The fourth-order valence-corrected chi connectivity index (χ4v) is 9.90. The number of hydrogen-bond acceptors (Lipinski definition) is 2. The van der Waals surface area contributed by atoms with E-state index in [4.69, 9.17) is 4.42 Å². The van der Waals surface area contributed by atoms with Crippen molar-refractivity contribution in [2.75, 3.05) is 4.90 Å². The summed E-state index contributed by atoms with van der Waals surface area (Å²) in [6.45, 7) is 4.43. The van der Waals surface area contributed by atoms with Gasteiger partial charge in [0.2, 0.25) is 0 Å². The lowest BCUT2D eigenvalue weighted by atomic mass is 9.94. The van der Waals surface area contributed by atoms with E-state index >= 15 is 0 Å². The number of anilines is 3. The first-order chi connectivity index (χ1) is 29.6. The van der Waals surface area contributed by atoms with Gasteiger partial charge in [-0.05, 0) is 143 Å². The topological polar surface area (TPSA) is 21.3 Å². The van der Waals surface area contributed by atoms with Crippen molar-refractivity contribution in [2.45, 2.75) is 20.3 Å². The van der Waals surface area contributed by atoms with Crippen LogP contribution in [0.3, 0.4) is 0 Å². The third kappa shape index (κ3) is 5.29. The van der Waals surface area contributed by atoms with Crippen LogP contribution in [0.2, 0.25) is 0 Å². The standard InChI is InChI=1S/C57H40N2O/c1-36-14-6-7-18-44(36)45-30-29-43(32-37(45)2)59(53-23-13-25-55-57(53)47-20-9-11-24-54(47)60-55)52-22-12-15-41-33-40-27-26-38(34-48(40)56(41)52)39-28-31-51-49(35-39)46-19-8-10-21-50(46)58(51)42-16-4-3-5-17-42/h3-32,34-35H,33H2,1-2H3.